The smallest absolute Gasteiger partial charge is 0.323 e. The maximum absolute atomic E-state index is 11.9. The highest BCUT2D eigenvalue weighted by molar-refractivity contribution is 7.11. The van der Waals surface area contributed by atoms with Gasteiger partial charge in [0.1, 0.15) is 11.6 Å². The molecular formula is C12H19N3O3S. The molecule has 1 rings (SSSR count). The van der Waals surface area contributed by atoms with Crippen LogP contribution in [0.2, 0.25) is 0 Å². The van der Waals surface area contributed by atoms with E-state index in [0.717, 1.165) is 16.3 Å². The van der Waals surface area contributed by atoms with Gasteiger partial charge in [-0.3, -0.25) is 4.79 Å². The van der Waals surface area contributed by atoms with Crippen molar-refractivity contribution in [2.24, 2.45) is 0 Å². The zero-order valence-corrected chi connectivity index (χ0v) is 12.2. The van der Waals surface area contributed by atoms with Crippen LogP contribution in [-0.2, 0) is 11.2 Å². The lowest BCUT2D eigenvalue weighted by molar-refractivity contribution is -0.137. The number of amides is 2. The fraction of sp³-hybridized carbons (Fsp3) is 0.583. The molecule has 1 aromatic rings. The van der Waals surface area contributed by atoms with Crippen molar-refractivity contribution in [1.82, 2.24) is 15.2 Å². The van der Waals surface area contributed by atoms with Crippen molar-refractivity contribution in [2.75, 3.05) is 13.1 Å². The maximum atomic E-state index is 11.9. The molecule has 0 bridgehead atoms. The van der Waals surface area contributed by atoms with Gasteiger partial charge in [-0.1, -0.05) is 6.92 Å². The van der Waals surface area contributed by atoms with Gasteiger partial charge in [-0.05, 0) is 20.3 Å². The Morgan fingerprint density at radius 2 is 2.21 bits per heavy atom. The van der Waals surface area contributed by atoms with E-state index in [-0.39, 0.29) is 18.6 Å². The van der Waals surface area contributed by atoms with Crippen molar-refractivity contribution in [1.29, 1.82) is 0 Å². The maximum Gasteiger partial charge on any atom is 0.323 e. The molecule has 0 spiro atoms. The van der Waals surface area contributed by atoms with E-state index in [2.05, 4.69) is 10.3 Å². The fourth-order valence-electron chi connectivity index (χ4n) is 1.52. The van der Waals surface area contributed by atoms with Crippen LogP contribution in [0.25, 0.3) is 0 Å². The van der Waals surface area contributed by atoms with Gasteiger partial charge < -0.3 is 15.3 Å². The first-order valence-electron chi connectivity index (χ1n) is 6.19. The number of urea groups is 1. The van der Waals surface area contributed by atoms with Gasteiger partial charge in [0.05, 0.1) is 6.04 Å². The highest BCUT2D eigenvalue weighted by Gasteiger charge is 2.19. The van der Waals surface area contributed by atoms with Crippen LogP contribution in [-0.4, -0.2) is 40.1 Å². The van der Waals surface area contributed by atoms with Gasteiger partial charge in [-0.15, -0.1) is 11.3 Å². The first kappa shape index (κ1) is 15.4. The number of likely N-dealkylation sites (N-methyl/N-ethyl adjacent to an activating group) is 1. The second kappa shape index (κ2) is 7.08. The summed E-state index contributed by atoms with van der Waals surface area (Å²) in [6.45, 7) is 5.68. The molecule has 2 N–H and O–H groups in total. The molecule has 0 fully saturated rings. The summed E-state index contributed by atoms with van der Waals surface area (Å²) in [5.74, 6) is -1.02. The lowest BCUT2D eigenvalue weighted by Crippen LogP contribution is -2.43. The number of aromatic nitrogens is 1. The van der Waals surface area contributed by atoms with E-state index in [1.807, 2.05) is 13.8 Å². The van der Waals surface area contributed by atoms with E-state index < -0.39 is 5.97 Å². The summed E-state index contributed by atoms with van der Waals surface area (Å²) in [6, 6.07) is -0.605. The average Bonchev–Trinajstić information content (AvgIpc) is 2.84. The molecule has 0 saturated carbocycles. The molecule has 0 aliphatic rings. The van der Waals surface area contributed by atoms with Crippen LogP contribution in [0.5, 0.6) is 0 Å². The normalized spacial score (nSPS) is 11.9. The minimum atomic E-state index is -1.02. The van der Waals surface area contributed by atoms with E-state index in [1.54, 1.807) is 24.5 Å². The molecule has 0 radical (unpaired) electrons. The Hall–Kier alpha value is -1.63. The van der Waals surface area contributed by atoms with Crippen LogP contribution in [0.3, 0.4) is 0 Å². The van der Waals surface area contributed by atoms with Crippen LogP contribution in [0.1, 0.15) is 36.7 Å². The van der Waals surface area contributed by atoms with Gasteiger partial charge >= 0.3 is 12.0 Å². The molecule has 0 saturated heterocycles. The first-order valence-corrected chi connectivity index (χ1v) is 7.01. The average molecular weight is 285 g/mol. The van der Waals surface area contributed by atoms with Crippen molar-refractivity contribution >= 4 is 23.3 Å². The van der Waals surface area contributed by atoms with Crippen LogP contribution >= 0.6 is 11.3 Å². The molecule has 1 unspecified atom stereocenters. The number of carboxylic acid groups (broad SMARTS) is 1. The number of hydrogen-bond donors (Lipinski definition) is 2. The summed E-state index contributed by atoms with van der Waals surface area (Å²) in [5, 5.41) is 12.3. The van der Waals surface area contributed by atoms with Gasteiger partial charge in [0, 0.05) is 17.6 Å². The molecule has 7 heteroatoms. The van der Waals surface area contributed by atoms with E-state index in [4.69, 9.17) is 5.11 Å². The Balaban J connectivity index is 2.61. The lowest BCUT2D eigenvalue weighted by Gasteiger charge is -2.21. The van der Waals surface area contributed by atoms with E-state index in [0.29, 0.717) is 6.54 Å². The number of aliphatic carboxylic acids is 1. The summed E-state index contributed by atoms with van der Waals surface area (Å²) in [7, 11) is 0. The number of carbonyl (C=O) groups excluding carboxylic acids is 1. The Kier molecular flexibility index (Phi) is 5.75. The summed E-state index contributed by atoms with van der Waals surface area (Å²) in [5.41, 5.74) is 0. The number of nitrogens with zero attached hydrogens (tertiary/aromatic N) is 2. The molecular weight excluding hydrogens is 266 g/mol. The third-order valence-corrected chi connectivity index (χ3v) is 3.95. The summed E-state index contributed by atoms with van der Waals surface area (Å²) in [6.07, 6.45) is 2.72. The Labute approximate surface area is 116 Å². The molecule has 19 heavy (non-hydrogen) atoms. The van der Waals surface area contributed by atoms with Crippen LogP contribution in [0.15, 0.2) is 6.20 Å². The molecule has 0 aliphatic heterocycles. The van der Waals surface area contributed by atoms with Gasteiger partial charge in [0.15, 0.2) is 0 Å². The number of aryl methyl sites for hydroxylation is 1. The quantitative estimate of drug-likeness (QED) is 0.836. The summed E-state index contributed by atoms with van der Waals surface area (Å²) < 4.78 is 0. The van der Waals surface area contributed by atoms with Crippen molar-refractivity contribution in [3.63, 3.8) is 0 Å². The Morgan fingerprint density at radius 1 is 1.53 bits per heavy atom. The number of carboxylic acids is 1. The largest absolute Gasteiger partial charge is 0.480 e. The molecule has 6 nitrogen and oxygen atoms in total. The van der Waals surface area contributed by atoms with Crippen molar-refractivity contribution < 1.29 is 14.7 Å². The van der Waals surface area contributed by atoms with Crippen LogP contribution in [0, 0.1) is 0 Å². The minimum absolute atomic E-state index is 0.222. The lowest BCUT2D eigenvalue weighted by atomic mass is 10.3. The minimum Gasteiger partial charge on any atom is -0.480 e. The number of carbonyl (C=O) groups is 2. The van der Waals surface area contributed by atoms with Crippen molar-refractivity contribution in [3.05, 3.63) is 16.1 Å². The van der Waals surface area contributed by atoms with Gasteiger partial charge in [-0.25, -0.2) is 9.78 Å². The van der Waals surface area contributed by atoms with Crippen molar-refractivity contribution in [3.8, 4) is 0 Å². The summed E-state index contributed by atoms with van der Waals surface area (Å²) in [4.78, 5) is 29.2. The van der Waals surface area contributed by atoms with Crippen LogP contribution < -0.4 is 5.32 Å². The number of thiazole rings is 1. The second-order valence-corrected chi connectivity index (χ2v) is 5.24. The highest BCUT2D eigenvalue weighted by atomic mass is 32.1. The Morgan fingerprint density at radius 3 is 2.68 bits per heavy atom. The third-order valence-electron chi connectivity index (χ3n) is 2.63. The molecule has 1 atom stereocenters. The zero-order valence-electron chi connectivity index (χ0n) is 11.3. The third kappa shape index (κ3) is 4.51. The van der Waals surface area contributed by atoms with Gasteiger partial charge in [-0.2, -0.15) is 0 Å². The molecule has 0 aromatic carbocycles. The van der Waals surface area contributed by atoms with E-state index in [1.165, 1.54) is 4.90 Å². The topological polar surface area (TPSA) is 82.5 Å². The second-order valence-electron chi connectivity index (χ2n) is 4.10. The summed E-state index contributed by atoms with van der Waals surface area (Å²) >= 11 is 1.56. The predicted molar refractivity (Wildman–Crippen MR) is 73.3 cm³/mol. The molecule has 1 heterocycles. The van der Waals surface area contributed by atoms with Gasteiger partial charge in [0.25, 0.3) is 0 Å². The number of rotatable bonds is 6. The SMILES string of the molecule is CCc1cnc(C(C)NC(=O)N(CC)CC(=O)O)s1. The van der Waals surface area contributed by atoms with Crippen LogP contribution in [0.4, 0.5) is 4.79 Å². The fourth-order valence-corrected chi connectivity index (χ4v) is 2.37. The standard InChI is InChI=1S/C12H19N3O3S/c1-4-9-6-13-11(19-9)8(3)14-12(18)15(5-2)7-10(16)17/h6,8H,4-5,7H2,1-3H3,(H,14,18)(H,16,17). The number of nitrogens with one attached hydrogen (secondary N) is 1. The molecule has 1 aromatic heterocycles. The molecule has 2 amide bonds. The predicted octanol–water partition coefficient (Wildman–Crippen LogP) is 1.88. The first-order chi connectivity index (χ1) is 8.97. The molecule has 0 aliphatic carbocycles. The van der Waals surface area contributed by atoms with E-state index >= 15 is 0 Å². The molecule has 106 valence electrons. The van der Waals surface area contributed by atoms with E-state index in [9.17, 15) is 9.59 Å². The van der Waals surface area contributed by atoms with Gasteiger partial charge in [0.2, 0.25) is 0 Å². The number of hydrogen-bond acceptors (Lipinski definition) is 4. The monoisotopic (exact) mass is 285 g/mol. The Bertz CT molecular complexity index is 447. The van der Waals surface area contributed by atoms with Crippen molar-refractivity contribution in [2.45, 2.75) is 33.2 Å². The highest BCUT2D eigenvalue weighted by Crippen LogP contribution is 2.20. The zero-order chi connectivity index (χ0) is 14.4.